The number of nitrogens with zero attached hydrogens (tertiary/aromatic N) is 1. The van der Waals surface area contributed by atoms with E-state index < -0.39 is 0 Å². The van der Waals surface area contributed by atoms with Gasteiger partial charge in [-0.15, -0.1) is 11.3 Å². The number of fused-ring (bicyclic) bond motifs is 1. The number of carbonyl (C=O) groups is 1. The van der Waals surface area contributed by atoms with E-state index in [1.165, 1.54) is 5.56 Å². The summed E-state index contributed by atoms with van der Waals surface area (Å²) in [5, 5.41) is 2.06. The second-order valence-corrected chi connectivity index (χ2v) is 8.86. The average Bonchev–Trinajstić information content (AvgIpc) is 3.26. The average molecular weight is 472 g/mol. The Balaban J connectivity index is 1.73. The number of hydrogen-bond acceptors (Lipinski definition) is 4. The highest BCUT2D eigenvalue weighted by molar-refractivity contribution is 9.10. The topological polar surface area (TPSA) is 38.8 Å². The molecule has 150 valence electrons. The van der Waals surface area contributed by atoms with Crippen molar-refractivity contribution >= 4 is 33.2 Å². The number of rotatable bonds is 5. The van der Waals surface area contributed by atoms with Gasteiger partial charge < -0.3 is 14.4 Å². The number of carbonyl (C=O) groups excluding carboxylic acids is 1. The van der Waals surface area contributed by atoms with Gasteiger partial charge in [0.05, 0.1) is 26.7 Å². The van der Waals surface area contributed by atoms with Crippen LogP contribution in [0.4, 0.5) is 0 Å². The highest BCUT2D eigenvalue weighted by Gasteiger charge is 2.33. The van der Waals surface area contributed by atoms with Crippen molar-refractivity contribution in [2.75, 3.05) is 20.8 Å². The molecule has 1 amide bonds. The van der Waals surface area contributed by atoms with Gasteiger partial charge in [-0.1, -0.05) is 34.1 Å². The number of benzene rings is 2. The van der Waals surface area contributed by atoms with Gasteiger partial charge in [0.15, 0.2) is 11.5 Å². The summed E-state index contributed by atoms with van der Waals surface area (Å²) in [5.41, 5.74) is 3.32. The first-order valence-corrected chi connectivity index (χ1v) is 11.1. The molecule has 0 saturated carbocycles. The number of thiophene rings is 1. The Bertz CT molecular complexity index is 1020. The van der Waals surface area contributed by atoms with Crippen LogP contribution in [-0.2, 0) is 17.6 Å². The molecule has 29 heavy (non-hydrogen) atoms. The number of hydrogen-bond donors (Lipinski definition) is 0. The molecule has 0 saturated heterocycles. The zero-order chi connectivity index (χ0) is 20.4. The lowest BCUT2D eigenvalue weighted by Gasteiger charge is -2.37. The fraction of sp³-hybridized carbons (Fsp3) is 0.261. The van der Waals surface area contributed by atoms with Crippen LogP contribution in [0.1, 0.15) is 27.6 Å². The maximum Gasteiger partial charge on any atom is 0.227 e. The third-order valence-corrected chi connectivity index (χ3v) is 6.67. The van der Waals surface area contributed by atoms with Gasteiger partial charge in [-0.05, 0) is 58.8 Å². The van der Waals surface area contributed by atoms with E-state index >= 15 is 0 Å². The lowest BCUT2D eigenvalue weighted by molar-refractivity contribution is -0.132. The quantitative estimate of drug-likeness (QED) is 0.510. The maximum atomic E-state index is 13.3. The van der Waals surface area contributed by atoms with E-state index in [1.807, 2.05) is 47.4 Å². The second kappa shape index (κ2) is 8.59. The molecule has 1 aliphatic rings. The first kappa shape index (κ1) is 20.0. The lowest BCUT2D eigenvalue weighted by Crippen LogP contribution is -2.41. The van der Waals surface area contributed by atoms with Gasteiger partial charge in [0.25, 0.3) is 0 Å². The van der Waals surface area contributed by atoms with Gasteiger partial charge in [-0.2, -0.15) is 0 Å². The zero-order valence-corrected chi connectivity index (χ0v) is 18.8. The molecule has 1 aromatic heterocycles. The largest absolute Gasteiger partial charge is 0.493 e. The van der Waals surface area contributed by atoms with Crippen LogP contribution in [0, 0.1) is 0 Å². The van der Waals surface area contributed by atoms with Crippen LogP contribution in [0.3, 0.4) is 0 Å². The van der Waals surface area contributed by atoms with Crippen molar-refractivity contribution in [2.24, 2.45) is 0 Å². The lowest BCUT2D eigenvalue weighted by atomic mass is 9.90. The third kappa shape index (κ3) is 4.05. The van der Waals surface area contributed by atoms with Crippen LogP contribution in [0.15, 0.2) is 58.4 Å². The summed E-state index contributed by atoms with van der Waals surface area (Å²) in [6.45, 7) is 0.678. The van der Waals surface area contributed by atoms with Crippen molar-refractivity contribution in [1.82, 2.24) is 4.90 Å². The van der Waals surface area contributed by atoms with E-state index in [1.54, 1.807) is 25.6 Å². The van der Waals surface area contributed by atoms with Gasteiger partial charge in [-0.25, -0.2) is 0 Å². The molecule has 2 heterocycles. The monoisotopic (exact) mass is 471 g/mol. The maximum absolute atomic E-state index is 13.3. The molecule has 0 radical (unpaired) electrons. The van der Waals surface area contributed by atoms with Gasteiger partial charge in [0.1, 0.15) is 0 Å². The van der Waals surface area contributed by atoms with Gasteiger partial charge in [0, 0.05) is 15.9 Å². The van der Waals surface area contributed by atoms with Crippen LogP contribution in [0.5, 0.6) is 11.5 Å². The molecule has 3 aromatic rings. The van der Waals surface area contributed by atoms with Crippen molar-refractivity contribution in [2.45, 2.75) is 18.9 Å². The molecule has 2 aromatic carbocycles. The Morgan fingerprint density at radius 2 is 1.93 bits per heavy atom. The van der Waals surface area contributed by atoms with E-state index in [9.17, 15) is 4.79 Å². The Labute approximate surface area is 183 Å². The molecule has 0 fully saturated rings. The second-order valence-electron chi connectivity index (χ2n) is 6.97. The normalized spacial score (nSPS) is 15.7. The van der Waals surface area contributed by atoms with Crippen molar-refractivity contribution < 1.29 is 14.3 Å². The Kier molecular flexibility index (Phi) is 5.92. The van der Waals surface area contributed by atoms with Gasteiger partial charge in [-0.3, -0.25) is 4.79 Å². The fourth-order valence-corrected chi connectivity index (χ4v) is 5.19. The van der Waals surface area contributed by atoms with E-state index in [2.05, 4.69) is 27.4 Å². The smallest absolute Gasteiger partial charge is 0.227 e. The van der Waals surface area contributed by atoms with Crippen molar-refractivity contribution in [3.63, 3.8) is 0 Å². The van der Waals surface area contributed by atoms with Crippen LogP contribution in [-0.4, -0.2) is 31.6 Å². The first-order chi connectivity index (χ1) is 14.1. The summed E-state index contributed by atoms with van der Waals surface area (Å²) in [6.07, 6.45) is 1.17. The molecule has 0 aliphatic carbocycles. The molecular formula is C23H22BrNO3S. The summed E-state index contributed by atoms with van der Waals surface area (Å²) >= 11 is 5.17. The Hall–Kier alpha value is -2.31. The predicted molar refractivity (Wildman–Crippen MR) is 119 cm³/mol. The molecule has 0 N–H and O–H groups in total. The molecule has 4 rings (SSSR count). The SMILES string of the molecule is COc1cc2c(cc1OC)C(c1cccs1)N(C(=O)Cc1cccc(Br)c1)CC2. The van der Waals surface area contributed by atoms with Crippen molar-refractivity contribution in [3.8, 4) is 11.5 Å². The van der Waals surface area contributed by atoms with Crippen molar-refractivity contribution in [3.05, 3.63) is 80.0 Å². The molecule has 0 bridgehead atoms. The van der Waals surface area contributed by atoms with Crippen molar-refractivity contribution in [1.29, 1.82) is 0 Å². The number of methoxy groups -OCH3 is 2. The highest BCUT2D eigenvalue weighted by atomic mass is 79.9. The Morgan fingerprint density at radius 1 is 1.14 bits per heavy atom. The summed E-state index contributed by atoms with van der Waals surface area (Å²) in [7, 11) is 3.29. The van der Waals surface area contributed by atoms with E-state index in [-0.39, 0.29) is 11.9 Å². The molecule has 1 unspecified atom stereocenters. The molecule has 0 spiro atoms. The molecule has 6 heteroatoms. The third-order valence-electron chi connectivity index (χ3n) is 5.25. The standard InChI is InChI=1S/C23H22BrNO3S/c1-27-19-13-16-8-9-25(22(26)12-15-5-3-6-17(24)11-15)23(21-7-4-10-29-21)18(16)14-20(19)28-2/h3-7,10-11,13-14,23H,8-9,12H2,1-2H3. The molecule has 1 aliphatic heterocycles. The first-order valence-electron chi connectivity index (χ1n) is 9.43. The number of ether oxygens (including phenoxy) is 2. The van der Waals surface area contributed by atoms with Gasteiger partial charge >= 0.3 is 0 Å². The zero-order valence-electron chi connectivity index (χ0n) is 16.4. The van der Waals surface area contributed by atoms with E-state index in [0.717, 1.165) is 32.6 Å². The minimum Gasteiger partial charge on any atom is -0.493 e. The van der Waals surface area contributed by atoms with Crippen LogP contribution < -0.4 is 9.47 Å². The molecular weight excluding hydrogens is 450 g/mol. The van der Waals surface area contributed by atoms with Crippen LogP contribution in [0.25, 0.3) is 0 Å². The summed E-state index contributed by atoms with van der Waals surface area (Å²) in [5.74, 6) is 1.54. The van der Waals surface area contributed by atoms with E-state index in [4.69, 9.17) is 9.47 Å². The predicted octanol–water partition coefficient (Wildman–Crippen LogP) is 5.24. The minimum absolute atomic E-state index is 0.113. The van der Waals surface area contributed by atoms with Crippen LogP contribution >= 0.6 is 27.3 Å². The number of halogens is 1. The van der Waals surface area contributed by atoms with Crippen LogP contribution in [0.2, 0.25) is 0 Å². The van der Waals surface area contributed by atoms with E-state index in [0.29, 0.717) is 18.7 Å². The summed E-state index contributed by atoms with van der Waals surface area (Å²) in [6, 6.07) is 16.0. The summed E-state index contributed by atoms with van der Waals surface area (Å²) < 4.78 is 12.0. The van der Waals surface area contributed by atoms with Gasteiger partial charge in [0.2, 0.25) is 5.91 Å². The fourth-order valence-electron chi connectivity index (χ4n) is 3.89. The highest BCUT2D eigenvalue weighted by Crippen LogP contribution is 2.42. The molecule has 4 nitrogen and oxygen atoms in total. The Morgan fingerprint density at radius 3 is 2.62 bits per heavy atom. The number of amides is 1. The summed E-state index contributed by atoms with van der Waals surface area (Å²) in [4.78, 5) is 16.5. The molecule has 1 atom stereocenters. The minimum atomic E-state index is -0.113.